The van der Waals surface area contributed by atoms with E-state index in [4.69, 9.17) is 14.1 Å². The van der Waals surface area contributed by atoms with E-state index in [9.17, 15) is 8.42 Å². The third kappa shape index (κ3) is 9.57. The molecule has 1 aliphatic rings. The Morgan fingerprint density at radius 3 is 2.68 bits per heavy atom. The van der Waals surface area contributed by atoms with E-state index < -0.39 is 9.84 Å². The van der Waals surface area contributed by atoms with Crippen molar-refractivity contribution in [2.75, 3.05) is 57.9 Å². The molecule has 8 nitrogen and oxygen atoms in total. The average Bonchev–Trinajstić information content (AvgIpc) is 3.31. The predicted octanol–water partition coefficient (Wildman–Crippen LogP) is 1.65. The van der Waals surface area contributed by atoms with Crippen LogP contribution in [-0.4, -0.2) is 77.2 Å². The lowest BCUT2D eigenvalue weighted by Gasteiger charge is -2.24. The second kappa shape index (κ2) is 13.4. The van der Waals surface area contributed by atoms with E-state index in [-0.39, 0.29) is 42.4 Å². The van der Waals surface area contributed by atoms with Gasteiger partial charge in [-0.2, -0.15) is 0 Å². The molecule has 1 aromatic rings. The fourth-order valence-electron chi connectivity index (χ4n) is 2.99. The molecule has 2 rings (SSSR count). The number of rotatable bonds is 11. The van der Waals surface area contributed by atoms with Gasteiger partial charge < -0.3 is 19.8 Å². The largest absolute Gasteiger partial charge is 0.468 e. The van der Waals surface area contributed by atoms with Crippen molar-refractivity contribution in [3.8, 4) is 0 Å². The number of nitrogens with zero attached hydrogens (tertiary/aromatic N) is 2. The van der Waals surface area contributed by atoms with Crippen molar-refractivity contribution in [1.29, 1.82) is 0 Å². The molecule has 0 saturated carbocycles. The van der Waals surface area contributed by atoms with Crippen LogP contribution in [0.5, 0.6) is 0 Å². The van der Waals surface area contributed by atoms with Gasteiger partial charge in [-0.15, -0.1) is 24.0 Å². The quantitative estimate of drug-likeness (QED) is 0.195. The maximum absolute atomic E-state index is 11.1. The number of likely N-dealkylation sites (tertiary alicyclic amines) is 1. The fourth-order valence-corrected chi connectivity index (χ4v) is 3.41. The van der Waals surface area contributed by atoms with Crippen molar-refractivity contribution in [2.24, 2.45) is 4.99 Å². The van der Waals surface area contributed by atoms with E-state index in [2.05, 4.69) is 15.5 Å². The van der Waals surface area contributed by atoms with Gasteiger partial charge in [0.15, 0.2) is 5.96 Å². The number of aliphatic imine (C=N–C) groups is 1. The summed E-state index contributed by atoms with van der Waals surface area (Å²) in [5, 5.41) is 6.45. The predicted molar refractivity (Wildman–Crippen MR) is 122 cm³/mol. The first-order chi connectivity index (χ1) is 13.0. The molecule has 162 valence electrons. The van der Waals surface area contributed by atoms with Crippen LogP contribution in [0.1, 0.15) is 31.6 Å². The van der Waals surface area contributed by atoms with Gasteiger partial charge in [-0.1, -0.05) is 0 Å². The first-order valence-corrected chi connectivity index (χ1v) is 11.6. The Labute approximate surface area is 185 Å². The van der Waals surface area contributed by atoms with Gasteiger partial charge in [-0.25, -0.2) is 8.42 Å². The van der Waals surface area contributed by atoms with Crippen molar-refractivity contribution in [2.45, 2.75) is 25.8 Å². The minimum atomic E-state index is -2.98. The SMILES string of the molecule is CCNC(=NCC(c1ccco1)N1CCCC1)NCCOCCS(C)(=O)=O.I. The summed E-state index contributed by atoms with van der Waals surface area (Å²) in [4.78, 5) is 7.13. The highest BCUT2D eigenvalue weighted by Crippen LogP contribution is 2.25. The Bertz CT molecular complexity index is 661. The monoisotopic (exact) mass is 528 g/mol. The summed E-state index contributed by atoms with van der Waals surface area (Å²) >= 11 is 0. The Balaban J connectivity index is 0.00000392. The van der Waals surface area contributed by atoms with Crippen LogP contribution in [0.15, 0.2) is 27.8 Å². The average molecular weight is 528 g/mol. The maximum Gasteiger partial charge on any atom is 0.191 e. The molecule has 0 spiro atoms. The number of sulfone groups is 1. The summed E-state index contributed by atoms with van der Waals surface area (Å²) in [5.41, 5.74) is 0. The van der Waals surface area contributed by atoms with Gasteiger partial charge in [0.1, 0.15) is 15.6 Å². The molecule has 0 amide bonds. The highest BCUT2D eigenvalue weighted by atomic mass is 127. The van der Waals surface area contributed by atoms with Gasteiger partial charge in [-0.05, 0) is 45.0 Å². The molecule has 28 heavy (non-hydrogen) atoms. The highest BCUT2D eigenvalue weighted by molar-refractivity contribution is 14.0. The van der Waals surface area contributed by atoms with Crippen LogP contribution in [0.4, 0.5) is 0 Å². The first kappa shape index (κ1) is 25.2. The second-order valence-electron chi connectivity index (χ2n) is 6.66. The third-order valence-corrected chi connectivity index (χ3v) is 5.27. The second-order valence-corrected chi connectivity index (χ2v) is 8.92. The summed E-state index contributed by atoms with van der Waals surface area (Å²) < 4.78 is 33.1. The molecule has 2 N–H and O–H groups in total. The molecule has 1 unspecified atom stereocenters. The smallest absolute Gasteiger partial charge is 0.191 e. The summed E-state index contributed by atoms with van der Waals surface area (Å²) in [5.74, 6) is 1.71. The molecule has 0 aliphatic carbocycles. The Kier molecular flexibility index (Phi) is 12.0. The van der Waals surface area contributed by atoms with Gasteiger partial charge in [0, 0.05) is 19.3 Å². The number of hydrogen-bond acceptors (Lipinski definition) is 6. The number of guanidine groups is 1. The Morgan fingerprint density at radius 2 is 2.07 bits per heavy atom. The van der Waals surface area contributed by atoms with Crippen molar-refractivity contribution in [3.05, 3.63) is 24.2 Å². The molecule has 1 fully saturated rings. The molecule has 0 radical (unpaired) electrons. The molecule has 10 heteroatoms. The minimum Gasteiger partial charge on any atom is -0.468 e. The minimum absolute atomic E-state index is 0. The number of nitrogens with one attached hydrogen (secondary N) is 2. The van der Waals surface area contributed by atoms with Gasteiger partial charge in [-0.3, -0.25) is 9.89 Å². The molecular formula is C18H33IN4O4S. The van der Waals surface area contributed by atoms with Crippen molar-refractivity contribution in [3.63, 3.8) is 0 Å². The van der Waals surface area contributed by atoms with Crippen LogP contribution in [0, 0.1) is 0 Å². The number of ether oxygens (including phenoxy) is 1. The van der Waals surface area contributed by atoms with Crippen LogP contribution in [0.25, 0.3) is 0 Å². The van der Waals surface area contributed by atoms with Crippen molar-refractivity contribution < 1.29 is 17.6 Å². The van der Waals surface area contributed by atoms with Crippen LogP contribution < -0.4 is 10.6 Å². The first-order valence-electron chi connectivity index (χ1n) is 9.54. The molecular weight excluding hydrogens is 495 g/mol. The van der Waals surface area contributed by atoms with E-state index in [1.807, 2.05) is 19.1 Å². The van der Waals surface area contributed by atoms with Gasteiger partial charge in [0.25, 0.3) is 0 Å². The topological polar surface area (TPSA) is 96.2 Å². The zero-order valence-electron chi connectivity index (χ0n) is 16.7. The van der Waals surface area contributed by atoms with Gasteiger partial charge >= 0.3 is 0 Å². The van der Waals surface area contributed by atoms with Crippen LogP contribution in [0.2, 0.25) is 0 Å². The summed E-state index contributed by atoms with van der Waals surface area (Å²) in [6.45, 7) is 6.72. The van der Waals surface area contributed by atoms with E-state index in [1.54, 1.807) is 6.26 Å². The van der Waals surface area contributed by atoms with Crippen LogP contribution in [0.3, 0.4) is 0 Å². The summed E-state index contributed by atoms with van der Waals surface area (Å²) in [6.07, 6.45) is 5.34. The molecule has 0 bridgehead atoms. The van der Waals surface area contributed by atoms with Crippen molar-refractivity contribution >= 4 is 39.8 Å². The van der Waals surface area contributed by atoms with E-state index in [1.165, 1.54) is 19.1 Å². The Hall–Kier alpha value is -0.850. The van der Waals surface area contributed by atoms with Crippen LogP contribution in [-0.2, 0) is 14.6 Å². The normalized spacial score (nSPS) is 16.6. The zero-order chi connectivity index (χ0) is 19.5. The number of furan rings is 1. The maximum atomic E-state index is 11.1. The third-order valence-electron chi connectivity index (χ3n) is 4.36. The lowest BCUT2D eigenvalue weighted by atomic mass is 10.2. The summed E-state index contributed by atoms with van der Waals surface area (Å²) in [6, 6.07) is 4.07. The Morgan fingerprint density at radius 1 is 1.32 bits per heavy atom. The lowest BCUT2D eigenvalue weighted by molar-refractivity contribution is 0.154. The fraction of sp³-hybridized carbons (Fsp3) is 0.722. The standard InChI is InChI=1S/C18H32N4O4S.HI/c1-3-19-18(20-8-12-25-13-14-27(2,23)24)21-15-16(17-7-6-11-26-17)22-9-4-5-10-22;/h6-7,11,16H,3-5,8-10,12-15H2,1-2H3,(H2,19,20,21);1H. The van der Waals surface area contributed by atoms with Gasteiger partial charge in [0.2, 0.25) is 0 Å². The van der Waals surface area contributed by atoms with E-state index >= 15 is 0 Å². The summed E-state index contributed by atoms with van der Waals surface area (Å²) in [7, 11) is -2.98. The van der Waals surface area contributed by atoms with E-state index in [0.29, 0.717) is 19.7 Å². The molecule has 1 saturated heterocycles. The highest BCUT2D eigenvalue weighted by Gasteiger charge is 2.25. The molecule has 0 aromatic carbocycles. The molecule has 1 aromatic heterocycles. The van der Waals surface area contributed by atoms with Crippen molar-refractivity contribution in [1.82, 2.24) is 15.5 Å². The van der Waals surface area contributed by atoms with Crippen LogP contribution >= 0.6 is 24.0 Å². The van der Waals surface area contributed by atoms with E-state index in [0.717, 1.165) is 31.4 Å². The number of halogens is 1. The lowest BCUT2D eigenvalue weighted by Crippen LogP contribution is -2.40. The number of hydrogen-bond donors (Lipinski definition) is 2. The zero-order valence-corrected chi connectivity index (χ0v) is 19.9. The van der Waals surface area contributed by atoms with Gasteiger partial charge in [0.05, 0.1) is 37.8 Å². The molecule has 1 aliphatic heterocycles. The molecule has 1 atom stereocenters. The molecule has 2 heterocycles.